The molecule has 1 spiro atoms. The van der Waals surface area contributed by atoms with E-state index in [1.165, 1.54) is 12.8 Å². The van der Waals surface area contributed by atoms with Crippen LogP contribution in [0.4, 0.5) is 17.1 Å². The minimum atomic E-state index is -1.09. The molecule has 238 valence electrons. The number of anilines is 3. The number of alkyl halides is 1. The summed E-state index contributed by atoms with van der Waals surface area (Å²) in [4.78, 5) is 18.2. The molecule has 0 bridgehead atoms. The van der Waals surface area contributed by atoms with Gasteiger partial charge < -0.3 is 34.1 Å². The summed E-state index contributed by atoms with van der Waals surface area (Å²) in [5.41, 5.74) is 5.19. The van der Waals surface area contributed by atoms with E-state index in [1.807, 2.05) is 12.1 Å². The Morgan fingerprint density at radius 1 is 0.733 bits per heavy atom. The molecule has 45 heavy (non-hydrogen) atoms. The van der Waals surface area contributed by atoms with Crippen LogP contribution in [0.5, 0.6) is 11.5 Å². The summed E-state index contributed by atoms with van der Waals surface area (Å²) in [6.07, 6.45) is 6.83. The Morgan fingerprint density at radius 3 is 2.00 bits per heavy atom. The molecule has 2 saturated heterocycles. The highest BCUT2D eigenvalue weighted by atomic mass is 35.5. The van der Waals surface area contributed by atoms with Gasteiger partial charge in [0, 0.05) is 91.1 Å². The second-order valence-electron chi connectivity index (χ2n) is 12.2. The second-order valence-corrected chi connectivity index (χ2v) is 12.6. The fraction of sp³-hybridized carbons (Fsp3) is 0.472. The number of esters is 1. The minimum Gasteiger partial charge on any atom is -0.456 e. The summed E-state index contributed by atoms with van der Waals surface area (Å²) >= 11 is 5.72. The predicted molar refractivity (Wildman–Crippen MR) is 178 cm³/mol. The number of rotatable bonds is 15. The first-order valence-electron chi connectivity index (χ1n) is 16.5. The lowest BCUT2D eigenvalue weighted by Gasteiger charge is -2.39. The van der Waals surface area contributed by atoms with Gasteiger partial charge in [-0.05, 0) is 68.1 Å². The SMILES string of the molecule is O=C1OC2(c3ccc(N4CCC4)cc3Oc3cc(N4CCC4)ccc32)c2cc(NCCOCCOCCCCCCCl)ccc21. The Labute approximate surface area is 270 Å². The highest BCUT2D eigenvalue weighted by molar-refractivity contribution is 6.17. The largest absolute Gasteiger partial charge is 0.456 e. The lowest BCUT2D eigenvalue weighted by molar-refractivity contribution is 0.0224. The molecule has 0 unspecified atom stereocenters. The van der Waals surface area contributed by atoms with Gasteiger partial charge in [0.05, 0.1) is 25.4 Å². The Hall–Kier alpha value is -3.46. The van der Waals surface area contributed by atoms with Crippen molar-refractivity contribution in [2.24, 2.45) is 0 Å². The normalized spacial score (nSPS) is 17.1. The summed E-state index contributed by atoms with van der Waals surface area (Å²) in [7, 11) is 0. The van der Waals surface area contributed by atoms with Gasteiger partial charge in [0.1, 0.15) is 11.5 Å². The third-order valence-corrected chi connectivity index (χ3v) is 9.60. The zero-order chi connectivity index (χ0) is 30.6. The molecular formula is C36H42ClN3O5. The van der Waals surface area contributed by atoms with Crippen LogP contribution in [-0.2, 0) is 19.8 Å². The van der Waals surface area contributed by atoms with Crippen LogP contribution in [0.3, 0.4) is 0 Å². The summed E-state index contributed by atoms with van der Waals surface area (Å²) in [5.74, 6) is 1.88. The van der Waals surface area contributed by atoms with E-state index in [4.69, 9.17) is 30.5 Å². The molecule has 0 radical (unpaired) electrons. The molecule has 4 heterocycles. The maximum absolute atomic E-state index is 13.5. The van der Waals surface area contributed by atoms with E-state index >= 15 is 0 Å². The lowest BCUT2D eigenvalue weighted by Crippen LogP contribution is -2.38. The van der Waals surface area contributed by atoms with Gasteiger partial charge in [0.25, 0.3) is 0 Å². The number of unbranched alkanes of at least 4 members (excludes halogenated alkanes) is 3. The second kappa shape index (κ2) is 13.5. The number of ether oxygens (including phenoxy) is 4. The van der Waals surface area contributed by atoms with E-state index in [0.717, 1.165) is 110 Å². The molecule has 7 rings (SSSR count). The van der Waals surface area contributed by atoms with Crippen molar-refractivity contribution in [1.29, 1.82) is 0 Å². The molecule has 4 aliphatic rings. The van der Waals surface area contributed by atoms with Gasteiger partial charge >= 0.3 is 5.97 Å². The fourth-order valence-corrected chi connectivity index (χ4v) is 6.78. The van der Waals surface area contributed by atoms with E-state index < -0.39 is 5.60 Å². The molecule has 2 fully saturated rings. The summed E-state index contributed by atoms with van der Waals surface area (Å²) in [6, 6.07) is 18.5. The lowest BCUT2D eigenvalue weighted by atomic mass is 9.77. The van der Waals surface area contributed by atoms with Crippen molar-refractivity contribution in [3.05, 3.63) is 76.9 Å². The van der Waals surface area contributed by atoms with Crippen molar-refractivity contribution in [1.82, 2.24) is 0 Å². The van der Waals surface area contributed by atoms with Gasteiger partial charge in [-0.15, -0.1) is 11.6 Å². The van der Waals surface area contributed by atoms with Crippen LogP contribution in [0.1, 0.15) is 65.6 Å². The Kier molecular flexibility index (Phi) is 9.06. The molecule has 0 atom stereocenters. The van der Waals surface area contributed by atoms with E-state index in [1.54, 1.807) is 0 Å². The molecule has 0 saturated carbocycles. The maximum Gasteiger partial charge on any atom is 0.340 e. The van der Waals surface area contributed by atoms with Crippen molar-refractivity contribution in [2.75, 3.05) is 80.1 Å². The van der Waals surface area contributed by atoms with E-state index in [0.29, 0.717) is 31.9 Å². The van der Waals surface area contributed by atoms with Crippen molar-refractivity contribution in [3.8, 4) is 11.5 Å². The Morgan fingerprint density at radius 2 is 1.38 bits per heavy atom. The molecule has 9 heteroatoms. The third kappa shape index (κ3) is 5.96. The number of carbonyl (C=O) groups excluding carboxylic acids is 1. The van der Waals surface area contributed by atoms with Gasteiger partial charge in [-0.2, -0.15) is 0 Å². The van der Waals surface area contributed by atoms with Gasteiger partial charge in [-0.1, -0.05) is 12.8 Å². The molecule has 0 aromatic heterocycles. The zero-order valence-electron chi connectivity index (χ0n) is 25.8. The fourth-order valence-electron chi connectivity index (χ4n) is 6.59. The maximum atomic E-state index is 13.5. The molecule has 0 aliphatic carbocycles. The predicted octanol–water partition coefficient (Wildman–Crippen LogP) is 6.92. The van der Waals surface area contributed by atoms with Gasteiger partial charge in [0.2, 0.25) is 0 Å². The van der Waals surface area contributed by atoms with E-state index in [-0.39, 0.29) is 5.97 Å². The molecule has 4 aliphatic heterocycles. The number of fused-ring (bicyclic) bond motifs is 6. The Bertz CT molecular complexity index is 1460. The monoisotopic (exact) mass is 631 g/mol. The van der Waals surface area contributed by atoms with Gasteiger partial charge in [-0.25, -0.2) is 4.79 Å². The van der Waals surface area contributed by atoms with Crippen LogP contribution < -0.4 is 19.9 Å². The number of hydrogen-bond donors (Lipinski definition) is 1. The molecule has 0 amide bonds. The number of halogens is 1. The number of benzene rings is 3. The van der Waals surface area contributed by atoms with Crippen LogP contribution in [0.25, 0.3) is 0 Å². The minimum absolute atomic E-state index is 0.323. The standard InChI is InChI=1S/C36H42ClN3O5/c37-13-3-1-2-4-19-42-21-22-43-20-14-38-26-7-10-29-32(23-26)36(45-35(29)41)30-11-8-27(39-15-5-16-39)24-33(30)44-34-25-28(9-12-31(34)36)40-17-6-18-40/h7-12,23-25,38H,1-6,13-22H2. The van der Waals surface area contributed by atoms with E-state index in [9.17, 15) is 4.79 Å². The summed E-state index contributed by atoms with van der Waals surface area (Å²) in [6.45, 7) is 7.26. The quantitative estimate of drug-likeness (QED) is 0.110. The van der Waals surface area contributed by atoms with Crippen LogP contribution in [-0.4, -0.2) is 71.0 Å². The van der Waals surface area contributed by atoms with Crippen LogP contribution in [0, 0.1) is 0 Å². The summed E-state index contributed by atoms with van der Waals surface area (Å²) < 4.78 is 24.5. The number of nitrogens with one attached hydrogen (secondary N) is 1. The topological polar surface area (TPSA) is 72.5 Å². The number of nitrogens with zero attached hydrogens (tertiary/aromatic N) is 2. The smallest absolute Gasteiger partial charge is 0.340 e. The van der Waals surface area contributed by atoms with Crippen molar-refractivity contribution in [3.63, 3.8) is 0 Å². The molecule has 3 aromatic carbocycles. The first kappa shape index (κ1) is 30.2. The molecule has 3 aromatic rings. The molecule has 1 N–H and O–H groups in total. The number of hydrogen-bond acceptors (Lipinski definition) is 8. The first-order valence-corrected chi connectivity index (χ1v) is 17.0. The van der Waals surface area contributed by atoms with Gasteiger partial charge in [-0.3, -0.25) is 0 Å². The van der Waals surface area contributed by atoms with Crippen LogP contribution in [0.15, 0.2) is 54.6 Å². The molecule has 8 nitrogen and oxygen atoms in total. The van der Waals surface area contributed by atoms with Crippen LogP contribution >= 0.6 is 11.6 Å². The first-order chi connectivity index (χ1) is 22.2. The third-order valence-electron chi connectivity index (χ3n) is 9.34. The summed E-state index contributed by atoms with van der Waals surface area (Å²) in [5, 5.41) is 3.48. The molecular weight excluding hydrogens is 590 g/mol. The number of carbonyl (C=O) groups is 1. The van der Waals surface area contributed by atoms with Gasteiger partial charge in [0.15, 0.2) is 5.60 Å². The highest BCUT2D eigenvalue weighted by Gasteiger charge is 2.54. The van der Waals surface area contributed by atoms with E-state index in [2.05, 4.69) is 57.6 Å². The zero-order valence-corrected chi connectivity index (χ0v) is 26.6. The highest BCUT2D eigenvalue weighted by Crippen LogP contribution is 2.57. The average Bonchev–Trinajstić information content (AvgIpc) is 3.27. The van der Waals surface area contributed by atoms with Crippen LogP contribution in [0.2, 0.25) is 0 Å². The van der Waals surface area contributed by atoms with Crippen molar-refractivity contribution < 1.29 is 23.7 Å². The Balaban J connectivity index is 1.08. The van der Waals surface area contributed by atoms with Crippen molar-refractivity contribution >= 4 is 34.6 Å². The van der Waals surface area contributed by atoms with Crippen molar-refractivity contribution in [2.45, 2.75) is 44.1 Å². The average molecular weight is 632 g/mol.